The number of alkyl halides is 3. The highest BCUT2D eigenvalue weighted by atomic mass is 35.5. The maximum Gasteiger partial charge on any atom is 0.573 e. The van der Waals surface area contributed by atoms with Crippen molar-refractivity contribution in [1.82, 2.24) is 9.62 Å². The largest absolute Gasteiger partial charge is 0.573 e. The van der Waals surface area contributed by atoms with Gasteiger partial charge in [0.1, 0.15) is 5.75 Å². The van der Waals surface area contributed by atoms with E-state index >= 15 is 0 Å². The second-order valence-corrected chi connectivity index (χ2v) is 7.02. The van der Waals surface area contributed by atoms with E-state index in [9.17, 15) is 21.6 Å². The molecule has 0 atom stereocenters. The zero-order valence-corrected chi connectivity index (χ0v) is 14.0. The number of rotatable bonds is 4. The zero-order chi connectivity index (χ0) is 16.4. The summed E-state index contributed by atoms with van der Waals surface area (Å²) >= 11 is 0. The van der Waals surface area contributed by atoms with Crippen molar-refractivity contribution in [2.45, 2.75) is 30.1 Å². The number of ether oxygens (including phenoxy) is 1. The Morgan fingerprint density at radius 2 is 1.87 bits per heavy atom. The Morgan fingerprint density at radius 1 is 1.26 bits per heavy atom. The lowest BCUT2D eigenvalue weighted by atomic mass is 10.1. The molecule has 0 aliphatic carbocycles. The highest BCUT2D eigenvalue weighted by Gasteiger charge is 2.33. The Kier molecular flexibility index (Phi) is 6.70. The van der Waals surface area contributed by atoms with Gasteiger partial charge in [0, 0.05) is 19.2 Å². The van der Waals surface area contributed by atoms with E-state index in [0.717, 1.165) is 12.1 Å². The van der Waals surface area contributed by atoms with Gasteiger partial charge in [-0.25, -0.2) is 8.42 Å². The summed E-state index contributed by atoms with van der Waals surface area (Å²) in [6, 6.07) is 4.27. The Balaban J connectivity index is 0.00000264. The summed E-state index contributed by atoms with van der Waals surface area (Å²) in [6.07, 6.45) is -3.54. The molecule has 1 fully saturated rings. The Morgan fingerprint density at radius 3 is 2.43 bits per heavy atom. The summed E-state index contributed by atoms with van der Waals surface area (Å²) < 4.78 is 66.7. The molecule has 0 spiro atoms. The van der Waals surface area contributed by atoms with E-state index in [1.807, 2.05) is 0 Å². The van der Waals surface area contributed by atoms with Gasteiger partial charge in [-0.05, 0) is 38.1 Å². The van der Waals surface area contributed by atoms with Gasteiger partial charge in [0.15, 0.2) is 0 Å². The van der Waals surface area contributed by atoms with Crippen LogP contribution in [0.15, 0.2) is 29.2 Å². The van der Waals surface area contributed by atoms with Gasteiger partial charge in [0.2, 0.25) is 10.0 Å². The molecule has 0 aromatic heterocycles. The van der Waals surface area contributed by atoms with Crippen LogP contribution < -0.4 is 10.1 Å². The molecular formula is C13H18ClF3N2O3S. The standard InChI is InChI=1S/C13H17F3N2O3S.ClH/c1-18(10-5-7-17-8-6-10)22(19,20)12-4-2-3-11(9-12)21-13(14,15)16;/h2-4,9-10,17H,5-8H2,1H3;1H. The fourth-order valence-corrected chi connectivity index (χ4v) is 3.82. The topological polar surface area (TPSA) is 58.6 Å². The van der Waals surface area contributed by atoms with Crippen molar-refractivity contribution < 1.29 is 26.3 Å². The van der Waals surface area contributed by atoms with Gasteiger partial charge in [0.25, 0.3) is 0 Å². The number of hydrogen-bond acceptors (Lipinski definition) is 4. The first-order valence-electron chi connectivity index (χ1n) is 6.75. The lowest BCUT2D eigenvalue weighted by Gasteiger charge is -2.30. The monoisotopic (exact) mass is 374 g/mol. The van der Waals surface area contributed by atoms with E-state index in [4.69, 9.17) is 0 Å². The smallest absolute Gasteiger partial charge is 0.406 e. The molecule has 1 saturated heterocycles. The zero-order valence-electron chi connectivity index (χ0n) is 12.3. The summed E-state index contributed by atoms with van der Waals surface area (Å²) in [5.74, 6) is -0.549. The number of piperidine rings is 1. The molecule has 2 rings (SSSR count). The molecule has 5 nitrogen and oxygen atoms in total. The van der Waals surface area contributed by atoms with Crippen LogP contribution in [0.2, 0.25) is 0 Å². The van der Waals surface area contributed by atoms with Crippen LogP contribution in [0.3, 0.4) is 0 Å². The van der Waals surface area contributed by atoms with Crippen LogP contribution in [-0.4, -0.2) is 45.3 Å². The van der Waals surface area contributed by atoms with Crippen molar-refractivity contribution in [3.63, 3.8) is 0 Å². The number of benzene rings is 1. The quantitative estimate of drug-likeness (QED) is 0.879. The maximum atomic E-state index is 12.5. The number of hydrogen-bond donors (Lipinski definition) is 1. The van der Waals surface area contributed by atoms with E-state index in [1.165, 1.54) is 23.5 Å². The van der Waals surface area contributed by atoms with E-state index in [0.29, 0.717) is 25.9 Å². The van der Waals surface area contributed by atoms with Crippen molar-refractivity contribution in [2.24, 2.45) is 0 Å². The fraction of sp³-hybridized carbons (Fsp3) is 0.538. The third kappa shape index (κ3) is 5.23. The first-order valence-corrected chi connectivity index (χ1v) is 8.19. The lowest BCUT2D eigenvalue weighted by molar-refractivity contribution is -0.274. The number of nitrogens with one attached hydrogen (secondary N) is 1. The molecule has 0 bridgehead atoms. The molecule has 1 aliphatic rings. The molecule has 1 aromatic rings. The molecule has 0 saturated carbocycles. The van der Waals surface area contributed by atoms with Crippen molar-refractivity contribution in [1.29, 1.82) is 0 Å². The first-order chi connectivity index (χ1) is 10.2. The van der Waals surface area contributed by atoms with Crippen LogP contribution in [-0.2, 0) is 10.0 Å². The molecule has 1 heterocycles. The van der Waals surface area contributed by atoms with Crippen molar-refractivity contribution in [2.75, 3.05) is 20.1 Å². The van der Waals surface area contributed by atoms with Crippen LogP contribution >= 0.6 is 12.4 Å². The first kappa shape index (κ1) is 20.0. The van der Waals surface area contributed by atoms with Crippen molar-refractivity contribution >= 4 is 22.4 Å². The molecule has 1 aliphatic heterocycles. The van der Waals surface area contributed by atoms with E-state index in [2.05, 4.69) is 10.1 Å². The van der Waals surface area contributed by atoms with Gasteiger partial charge < -0.3 is 10.1 Å². The predicted molar refractivity (Wildman–Crippen MR) is 81.2 cm³/mol. The minimum absolute atomic E-state index is 0. The Hall–Kier alpha value is -1.03. The molecule has 1 aromatic carbocycles. The van der Waals surface area contributed by atoms with Gasteiger partial charge in [0.05, 0.1) is 4.90 Å². The molecule has 23 heavy (non-hydrogen) atoms. The average Bonchev–Trinajstić information content (AvgIpc) is 2.46. The van der Waals surface area contributed by atoms with E-state index in [-0.39, 0.29) is 23.3 Å². The summed E-state index contributed by atoms with van der Waals surface area (Å²) in [5.41, 5.74) is 0. The normalized spacial score (nSPS) is 16.9. The minimum atomic E-state index is -4.86. The average molecular weight is 375 g/mol. The van der Waals surface area contributed by atoms with Crippen LogP contribution in [0, 0.1) is 0 Å². The molecule has 10 heteroatoms. The third-order valence-corrected chi connectivity index (χ3v) is 5.45. The van der Waals surface area contributed by atoms with E-state index in [1.54, 1.807) is 0 Å². The molecule has 0 amide bonds. The predicted octanol–water partition coefficient (Wildman–Crippen LogP) is 2.38. The second-order valence-electron chi connectivity index (χ2n) is 5.03. The van der Waals surface area contributed by atoms with Crippen molar-refractivity contribution in [3.8, 4) is 5.75 Å². The highest BCUT2D eigenvalue weighted by molar-refractivity contribution is 7.89. The number of halogens is 4. The maximum absolute atomic E-state index is 12.5. The second kappa shape index (κ2) is 7.69. The molecule has 0 radical (unpaired) electrons. The van der Waals surface area contributed by atoms with Crippen LogP contribution in [0.4, 0.5) is 13.2 Å². The van der Waals surface area contributed by atoms with Gasteiger partial charge in [-0.1, -0.05) is 6.07 Å². The minimum Gasteiger partial charge on any atom is -0.406 e. The van der Waals surface area contributed by atoms with Gasteiger partial charge in [-0.3, -0.25) is 0 Å². The SMILES string of the molecule is CN(C1CCNCC1)S(=O)(=O)c1cccc(OC(F)(F)F)c1.Cl. The Bertz CT molecular complexity index is 619. The summed E-state index contributed by atoms with van der Waals surface area (Å²) in [5, 5.41) is 3.13. The van der Waals surface area contributed by atoms with Crippen LogP contribution in [0.1, 0.15) is 12.8 Å². The summed E-state index contributed by atoms with van der Waals surface area (Å²) in [6.45, 7) is 1.42. The third-order valence-electron chi connectivity index (χ3n) is 3.54. The summed E-state index contributed by atoms with van der Waals surface area (Å²) in [7, 11) is -2.41. The number of sulfonamides is 1. The summed E-state index contributed by atoms with van der Waals surface area (Å²) in [4.78, 5) is -0.213. The van der Waals surface area contributed by atoms with Gasteiger partial charge in [-0.2, -0.15) is 4.31 Å². The van der Waals surface area contributed by atoms with Gasteiger partial charge >= 0.3 is 6.36 Å². The Labute approximate surface area is 139 Å². The molecule has 0 unspecified atom stereocenters. The lowest BCUT2D eigenvalue weighted by Crippen LogP contribution is -2.43. The molecular weight excluding hydrogens is 357 g/mol. The van der Waals surface area contributed by atoms with Gasteiger partial charge in [-0.15, -0.1) is 25.6 Å². The fourth-order valence-electron chi connectivity index (χ4n) is 2.36. The van der Waals surface area contributed by atoms with E-state index < -0.39 is 22.1 Å². The molecule has 132 valence electrons. The number of nitrogens with zero attached hydrogens (tertiary/aromatic N) is 1. The molecule has 1 N–H and O–H groups in total. The van der Waals surface area contributed by atoms with Crippen molar-refractivity contribution in [3.05, 3.63) is 24.3 Å². The van der Waals surface area contributed by atoms with Crippen LogP contribution in [0.5, 0.6) is 5.75 Å². The van der Waals surface area contributed by atoms with Crippen LogP contribution in [0.25, 0.3) is 0 Å². The highest BCUT2D eigenvalue weighted by Crippen LogP contribution is 2.27.